The zero-order chi connectivity index (χ0) is 27.0. The molecule has 2 aliphatic rings. The molecule has 192 valence electrons. The Morgan fingerprint density at radius 3 is 1.31 bits per heavy atom. The van der Waals surface area contributed by atoms with Crippen LogP contribution in [-0.4, -0.2) is 0 Å². The van der Waals surface area contributed by atoms with E-state index in [-0.39, 0.29) is 5.41 Å². The van der Waals surface area contributed by atoms with Gasteiger partial charge in [0.1, 0.15) is 0 Å². The minimum absolute atomic E-state index is 0.243. The van der Waals surface area contributed by atoms with Gasteiger partial charge in [0.15, 0.2) is 14.3 Å². The predicted molar refractivity (Wildman–Crippen MR) is 166 cm³/mol. The first-order chi connectivity index (χ1) is 18.8. The van der Waals surface area contributed by atoms with Crippen LogP contribution < -0.4 is 36.7 Å². The Bertz CT molecular complexity index is 1730. The standard InChI is InChI=1S/C34H29NO2P2/c1-34(2,3)24-22-31-33-32(23-24)39(37,26-16-8-5-9-17-26)30-21-13-11-19-28(30)35(33)27-18-10-12-20-29(27)38(31,36)25-14-6-4-7-15-25/h4-23H,1-3H3. The van der Waals surface area contributed by atoms with Gasteiger partial charge in [-0.3, -0.25) is 0 Å². The van der Waals surface area contributed by atoms with E-state index in [1.54, 1.807) is 0 Å². The van der Waals surface area contributed by atoms with Gasteiger partial charge < -0.3 is 14.0 Å². The van der Waals surface area contributed by atoms with Gasteiger partial charge in [-0.15, -0.1) is 0 Å². The third-order valence-electron chi connectivity index (χ3n) is 8.00. The van der Waals surface area contributed by atoms with E-state index in [0.29, 0.717) is 0 Å². The molecule has 2 heterocycles. The highest BCUT2D eigenvalue weighted by atomic mass is 31.2. The SMILES string of the molecule is CC(C)(C)c1cc2c3c(c1)P(=O)(c1ccccc1)c1ccccc1N3c1ccccc1P2(=O)c1ccccc1. The molecule has 0 aromatic heterocycles. The molecule has 0 bridgehead atoms. The maximum Gasteiger partial charge on any atom is 0.175 e. The molecule has 2 unspecified atom stereocenters. The molecule has 7 rings (SSSR count). The molecule has 3 nitrogen and oxygen atoms in total. The first-order valence-corrected chi connectivity index (χ1v) is 16.7. The molecular weight excluding hydrogens is 516 g/mol. The minimum Gasteiger partial charge on any atom is -0.308 e. The average Bonchev–Trinajstić information content (AvgIpc) is 2.97. The number of rotatable bonds is 2. The van der Waals surface area contributed by atoms with Crippen LogP contribution in [0.15, 0.2) is 121 Å². The maximum absolute atomic E-state index is 15.7. The van der Waals surface area contributed by atoms with Crippen molar-refractivity contribution in [2.75, 3.05) is 4.90 Å². The fraction of sp³-hybridized carbons (Fsp3) is 0.118. The second-order valence-corrected chi connectivity index (χ2v) is 16.7. The predicted octanol–water partition coefficient (Wildman–Crippen LogP) is 6.36. The topological polar surface area (TPSA) is 37.4 Å². The lowest BCUT2D eigenvalue weighted by molar-refractivity contribution is 0.587. The smallest absolute Gasteiger partial charge is 0.175 e. The monoisotopic (exact) mass is 545 g/mol. The van der Waals surface area contributed by atoms with E-state index in [9.17, 15) is 0 Å². The normalized spacial score (nSPS) is 21.1. The van der Waals surface area contributed by atoms with Crippen molar-refractivity contribution in [3.63, 3.8) is 0 Å². The van der Waals surface area contributed by atoms with Gasteiger partial charge in [-0.1, -0.05) is 106 Å². The summed E-state index contributed by atoms with van der Waals surface area (Å²) < 4.78 is 31.5. The Morgan fingerprint density at radius 1 is 0.513 bits per heavy atom. The summed E-state index contributed by atoms with van der Waals surface area (Å²) in [4.78, 5) is 2.21. The lowest BCUT2D eigenvalue weighted by Gasteiger charge is -2.45. The number of anilines is 3. The Morgan fingerprint density at radius 2 is 0.897 bits per heavy atom. The molecule has 0 amide bonds. The molecular formula is C34H29NO2P2. The van der Waals surface area contributed by atoms with Gasteiger partial charge in [0.25, 0.3) is 0 Å². The minimum atomic E-state index is -3.31. The first-order valence-electron chi connectivity index (χ1n) is 13.3. The van der Waals surface area contributed by atoms with Crippen LogP contribution in [0.4, 0.5) is 17.1 Å². The number of nitrogens with zero attached hydrogens (tertiary/aromatic N) is 1. The highest BCUT2D eigenvalue weighted by molar-refractivity contribution is 7.88. The van der Waals surface area contributed by atoms with Crippen molar-refractivity contribution >= 4 is 63.2 Å². The summed E-state index contributed by atoms with van der Waals surface area (Å²) in [5, 5.41) is 4.73. The average molecular weight is 546 g/mol. The highest BCUT2D eigenvalue weighted by Gasteiger charge is 2.50. The zero-order valence-corrected chi connectivity index (χ0v) is 24.0. The van der Waals surface area contributed by atoms with Crippen LogP contribution in [-0.2, 0) is 14.5 Å². The molecule has 2 aliphatic heterocycles. The maximum atomic E-state index is 15.7. The van der Waals surface area contributed by atoms with Gasteiger partial charge in [0.05, 0.1) is 17.1 Å². The van der Waals surface area contributed by atoms with Crippen molar-refractivity contribution in [1.29, 1.82) is 0 Å². The van der Waals surface area contributed by atoms with E-state index in [1.807, 2.05) is 109 Å². The third-order valence-corrected chi connectivity index (χ3v) is 14.2. The number of benzene rings is 5. The van der Waals surface area contributed by atoms with Crippen molar-refractivity contribution in [2.45, 2.75) is 26.2 Å². The molecule has 5 heteroatoms. The molecule has 0 N–H and O–H groups in total. The molecule has 0 radical (unpaired) electrons. The first kappa shape index (κ1) is 24.4. The van der Waals surface area contributed by atoms with Crippen molar-refractivity contribution in [3.05, 3.63) is 127 Å². The molecule has 0 aliphatic carbocycles. The van der Waals surface area contributed by atoms with Crippen LogP contribution in [0.25, 0.3) is 0 Å². The molecule has 39 heavy (non-hydrogen) atoms. The van der Waals surface area contributed by atoms with Crippen LogP contribution in [0.1, 0.15) is 26.3 Å². The summed E-state index contributed by atoms with van der Waals surface area (Å²) in [7, 11) is -6.62. The Labute approximate surface area is 229 Å². The quantitative estimate of drug-likeness (QED) is 0.237. The van der Waals surface area contributed by atoms with Gasteiger partial charge in [0, 0.05) is 31.8 Å². The van der Waals surface area contributed by atoms with Crippen molar-refractivity contribution in [3.8, 4) is 0 Å². The number of fused-ring (bicyclic) bond motifs is 4. The summed E-state index contributed by atoms with van der Waals surface area (Å²) in [6.07, 6.45) is 0. The van der Waals surface area contributed by atoms with Crippen LogP contribution >= 0.6 is 14.3 Å². The summed E-state index contributed by atoms with van der Waals surface area (Å²) >= 11 is 0. The third kappa shape index (κ3) is 3.30. The molecule has 0 saturated heterocycles. The lowest BCUT2D eigenvalue weighted by atomic mass is 9.87. The molecule has 0 fully saturated rings. The molecule has 0 saturated carbocycles. The summed E-state index contributed by atoms with van der Waals surface area (Å²) in [6, 6.07) is 39.9. The summed E-state index contributed by atoms with van der Waals surface area (Å²) in [5.41, 5.74) is 3.36. The second-order valence-electron chi connectivity index (χ2n) is 11.3. The Kier molecular flexibility index (Phi) is 5.27. The molecule has 5 aromatic rings. The molecule has 5 aromatic carbocycles. The van der Waals surface area contributed by atoms with E-state index < -0.39 is 14.3 Å². The van der Waals surface area contributed by atoms with Crippen molar-refractivity contribution in [1.82, 2.24) is 0 Å². The van der Waals surface area contributed by atoms with E-state index in [1.165, 1.54) is 0 Å². The van der Waals surface area contributed by atoms with Crippen LogP contribution in [0.5, 0.6) is 0 Å². The van der Waals surface area contributed by atoms with E-state index in [0.717, 1.165) is 54.5 Å². The van der Waals surface area contributed by atoms with Gasteiger partial charge >= 0.3 is 0 Å². The van der Waals surface area contributed by atoms with Crippen LogP contribution in [0.2, 0.25) is 0 Å². The largest absolute Gasteiger partial charge is 0.308 e. The Balaban J connectivity index is 1.71. The van der Waals surface area contributed by atoms with Gasteiger partial charge in [0.2, 0.25) is 0 Å². The fourth-order valence-corrected chi connectivity index (χ4v) is 12.2. The molecule has 0 spiro atoms. The van der Waals surface area contributed by atoms with E-state index in [2.05, 4.69) is 37.8 Å². The second kappa shape index (κ2) is 8.43. The van der Waals surface area contributed by atoms with Crippen LogP contribution in [0.3, 0.4) is 0 Å². The Hall–Kier alpha value is -3.64. The number of hydrogen-bond donors (Lipinski definition) is 0. The van der Waals surface area contributed by atoms with Gasteiger partial charge in [-0.2, -0.15) is 0 Å². The number of para-hydroxylation sites is 2. The van der Waals surface area contributed by atoms with E-state index in [4.69, 9.17) is 0 Å². The summed E-state index contributed by atoms with van der Waals surface area (Å²) in [6.45, 7) is 6.48. The highest BCUT2D eigenvalue weighted by Crippen LogP contribution is 2.60. The fourth-order valence-electron chi connectivity index (χ4n) is 6.05. The number of hydrogen-bond acceptors (Lipinski definition) is 3. The van der Waals surface area contributed by atoms with Crippen molar-refractivity contribution < 1.29 is 9.13 Å². The van der Waals surface area contributed by atoms with E-state index >= 15 is 9.13 Å². The van der Waals surface area contributed by atoms with Gasteiger partial charge in [-0.05, 0) is 47.4 Å². The van der Waals surface area contributed by atoms with Gasteiger partial charge in [-0.25, -0.2) is 0 Å². The van der Waals surface area contributed by atoms with Crippen molar-refractivity contribution in [2.24, 2.45) is 0 Å². The lowest BCUT2D eigenvalue weighted by Crippen LogP contribution is -2.46. The zero-order valence-electron chi connectivity index (χ0n) is 22.2. The molecule has 2 atom stereocenters. The summed E-state index contributed by atoms with van der Waals surface area (Å²) in [5.74, 6) is 0. The van der Waals surface area contributed by atoms with Crippen LogP contribution in [0, 0.1) is 0 Å².